The van der Waals surface area contributed by atoms with E-state index in [0.29, 0.717) is 17.0 Å². The van der Waals surface area contributed by atoms with E-state index < -0.39 is 0 Å². The first-order valence-electron chi connectivity index (χ1n) is 8.63. The highest BCUT2D eigenvalue weighted by atomic mass is 32.1. The van der Waals surface area contributed by atoms with Crippen molar-refractivity contribution in [2.45, 2.75) is 0 Å². The summed E-state index contributed by atoms with van der Waals surface area (Å²) in [4.78, 5) is 35.4. The number of benzene rings is 2. The second-order valence-corrected chi connectivity index (χ2v) is 7.13. The molecule has 0 atom stereocenters. The average Bonchev–Trinajstić information content (AvgIpc) is 3.33. The maximum atomic E-state index is 12.5. The maximum Gasteiger partial charge on any atom is 0.276 e. The molecule has 5 rings (SSSR count). The molecule has 28 heavy (non-hydrogen) atoms. The SMILES string of the molecule is O=C(Nc1ccccc1)c1ccc2[nH]c(-c3nc4cscc4[nH]c3=O)cc2c1. The highest BCUT2D eigenvalue weighted by molar-refractivity contribution is 7.09. The van der Waals surface area contributed by atoms with Crippen molar-refractivity contribution in [1.29, 1.82) is 0 Å². The number of rotatable bonds is 3. The predicted octanol–water partition coefficient (Wildman–Crippen LogP) is 4.39. The number of nitrogens with one attached hydrogen (secondary N) is 3. The van der Waals surface area contributed by atoms with Gasteiger partial charge in [0.2, 0.25) is 0 Å². The van der Waals surface area contributed by atoms with E-state index in [9.17, 15) is 9.59 Å². The minimum absolute atomic E-state index is 0.188. The molecule has 0 bridgehead atoms. The third-order valence-corrected chi connectivity index (χ3v) is 5.24. The fourth-order valence-corrected chi connectivity index (χ4v) is 3.82. The van der Waals surface area contributed by atoms with Gasteiger partial charge in [0.05, 0.1) is 16.7 Å². The zero-order chi connectivity index (χ0) is 19.1. The van der Waals surface area contributed by atoms with Gasteiger partial charge in [0.15, 0.2) is 5.69 Å². The first kappa shape index (κ1) is 16.5. The predicted molar refractivity (Wildman–Crippen MR) is 112 cm³/mol. The zero-order valence-corrected chi connectivity index (χ0v) is 15.3. The Labute approximate surface area is 162 Å². The van der Waals surface area contributed by atoms with Gasteiger partial charge in [0.25, 0.3) is 11.5 Å². The summed E-state index contributed by atoms with van der Waals surface area (Å²) in [6.07, 6.45) is 0. The monoisotopic (exact) mass is 386 g/mol. The number of carbonyl (C=O) groups is 1. The van der Waals surface area contributed by atoms with Crippen molar-refractivity contribution in [3.8, 4) is 11.4 Å². The molecule has 7 heteroatoms. The molecule has 0 saturated heterocycles. The third-order valence-electron chi connectivity index (χ3n) is 4.51. The van der Waals surface area contributed by atoms with Crippen LogP contribution in [0.2, 0.25) is 0 Å². The van der Waals surface area contributed by atoms with Crippen LogP contribution in [0.3, 0.4) is 0 Å². The van der Waals surface area contributed by atoms with Crippen LogP contribution in [-0.2, 0) is 0 Å². The van der Waals surface area contributed by atoms with Crippen molar-refractivity contribution in [1.82, 2.24) is 15.0 Å². The van der Waals surface area contributed by atoms with Crippen molar-refractivity contribution >= 4 is 44.9 Å². The summed E-state index contributed by atoms with van der Waals surface area (Å²) in [6.45, 7) is 0. The molecule has 2 aromatic carbocycles. The van der Waals surface area contributed by atoms with Crippen LogP contribution >= 0.6 is 11.3 Å². The molecule has 3 N–H and O–H groups in total. The number of fused-ring (bicyclic) bond motifs is 2. The van der Waals surface area contributed by atoms with E-state index >= 15 is 0 Å². The largest absolute Gasteiger partial charge is 0.353 e. The Kier molecular flexibility index (Phi) is 3.80. The molecule has 0 unspecified atom stereocenters. The summed E-state index contributed by atoms with van der Waals surface area (Å²) in [6, 6.07) is 16.5. The van der Waals surface area contributed by atoms with Gasteiger partial charge in [-0.05, 0) is 36.4 Å². The van der Waals surface area contributed by atoms with Gasteiger partial charge in [0, 0.05) is 32.9 Å². The molecule has 3 aromatic heterocycles. The molecule has 5 aromatic rings. The van der Waals surface area contributed by atoms with E-state index in [4.69, 9.17) is 0 Å². The number of aromatic amines is 2. The fraction of sp³-hybridized carbons (Fsp3) is 0. The molecule has 0 aliphatic carbocycles. The summed E-state index contributed by atoms with van der Waals surface area (Å²) in [5.74, 6) is -0.188. The molecule has 136 valence electrons. The number of amides is 1. The van der Waals surface area contributed by atoms with Gasteiger partial charge in [-0.25, -0.2) is 4.98 Å². The van der Waals surface area contributed by atoms with Gasteiger partial charge < -0.3 is 15.3 Å². The van der Waals surface area contributed by atoms with Crippen molar-refractivity contribution in [2.24, 2.45) is 0 Å². The average molecular weight is 386 g/mol. The molecule has 0 radical (unpaired) electrons. The Morgan fingerprint density at radius 3 is 2.68 bits per heavy atom. The molecule has 0 aliphatic rings. The van der Waals surface area contributed by atoms with Gasteiger partial charge in [-0.3, -0.25) is 9.59 Å². The number of hydrogen-bond acceptors (Lipinski definition) is 4. The molecule has 6 nitrogen and oxygen atoms in total. The molecule has 0 fully saturated rings. The van der Waals surface area contributed by atoms with Gasteiger partial charge in [-0.15, -0.1) is 11.3 Å². The highest BCUT2D eigenvalue weighted by Crippen LogP contribution is 2.24. The fourth-order valence-electron chi connectivity index (χ4n) is 3.13. The van der Waals surface area contributed by atoms with Crippen molar-refractivity contribution < 1.29 is 4.79 Å². The first-order valence-corrected chi connectivity index (χ1v) is 9.57. The van der Waals surface area contributed by atoms with Crippen LogP contribution in [-0.4, -0.2) is 20.9 Å². The number of para-hydroxylation sites is 1. The van der Waals surface area contributed by atoms with Gasteiger partial charge >= 0.3 is 0 Å². The van der Waals surface area contributed by atoms with Gasteiger partial charge in [-0.2, -0.15) is 0 Å². The van der Waals surface area contributed by atoms with Crippen LogP contribution in [0.15, 0.2) is 70.2 Å². The van der Waals surface area contributed by atoms with Crippen LogP contribution in [0.25, 0.3) is 33.3 Å². The van der Waals surface area contributed by atoms with Crippen molar-refractivity contribution in [3.63, 3.8) is 0 Å². The topological polar surface area (TPSA) is 90.6 Å². The third kappa shape index (κ3) is 2.87. The number of carbonyl (C=O) groups excluding carboxylic acids is 1. The Hall–Kier alpha value is -3.71. The molecule has 3 heterocycles. The summed E-state index contributed by atoms with van der Waals surface area (Å²) < 4.78 is 0. The van der Waals surface area contributed by atoms with Crippen molar-refractivity contribution in [2.75, 3.05) is 5.32 Å². The first-order chi connectivity index (χ1) is 13.7. The zero-order valence-electron chi connectivity index (χ0n) is 14.5. The Morgan fingerprint density at radius 1 is 0.964 bits per heavy atom. The lowest BCUT2D eigenvalue weighted by atomic mass is 10.1. The molecule has 0 aliphatic heterocycles. The summed E-state index contributed by atoms with van der Waals surface area (Å²) in [5, 5.41) is 7.46. The maximum absolute atomic E-state index is 12.5. The second kappa shape index (κ2) is 6.47. The number of H-pyrrole nitrogens is 2. The molecular weight excluding hydrogens is 372 g/mol. The van der Waals surface area contributed by atoms with Crippen LogP contribution in [0, 0.1) is 0 Å². The van der Waals surface area contributed by atoms with Gasteiger partial charge in [0.1, 0.15) is 0 Å². The van der Waals surface area contributed by atoms with Gasteiger partial charge in [-0.1, -0.05) is 18.2 Å². The minimum Gasteiger partial charge on any atom is -0.353 e. The van der Waals surface area contributed by atoms with Crippen LogP contribution < -0.4 is 10.9 Å². The smallest absolute Gasteiger partial charge is 0.276 e. The van der Waals surface area contributed by atoms with Crippen LogP contribution in [0.1, 0.15) is 10.4 Å². The van der Waals surface area contributed by atoms with E-state index in [1.807, 2.05) is 53.2 Å². The molecule has 0 saturated carbocycles. The Morgan fingerprint density at radius 2 is 1.82 bits per heavy atom. The van der Waals surface area contributed by atoms with E-state index in [0.717, 1.165) is 27.6 Å². The summed E-state index contributed by atoms with van der Waals surface area (Å²) in [5.41, 5.74) is 4.29. The Bertz CT molecular complexity index is 1380. The Balaban J connectivity index is 1.52. The van der Waals surface area contributed by atoms with Crippen LogP contribution in [0.5, 0.6) is 0 Å². The molecule has 1 amide bonds. The number of hydrogen-bond donors (Lipinski definition) is 3. The molecule has 0 spiro atoms. The van der Waals surface area contributed by atoms with E-state index in [2.05, 4.69) is 20.3 Å². The van der Waals surface area contributed by atoms with E-state index in [1.165, 1.54) is 11.3 Å². The van der Waals surface area contributed by atoms with Crippen molar-refractivity contribution in [3.05, 3.63) is 81.3 Å². The van der Waals surface area contributed by atoms with Crippen LogP contribution in [0.4, 0.5) is 5.69 Å². The van der Waals surface area contributed by atoms with E-state index in [1.54, 1.807) is 12.1 Å². The standard InChI is InChI=1S/C21H14N4O2S/c26-20(22-14-4-2-1-3-5-14)12-6-7-15-13(8-12)9-16(23-15)19-21(27)25-18-11-28-10-17(18)24-19/h1-11,23H,(H,22,26)(H,25,27). The highest BCUT2D eigenvalue weighted by Gasteiger charge is 2.13. The normalized spacial score (nSPS) is 11.1. The number of anilines is 1. The lowest BCUT2D eigenvalue weighted by Gasteiger charge is -2.04. The molecular formula is C21H14N4O2S. The minimum atomic E-state index is -0.250. The lowest BCUT2D eigenvalue weighted by Crippen LogP contribution is -2.11. The number of nitrogens with zero attached hydrogens (tertiary/aromatic N) is 1. The quantitative estimate of drug-likeness (QED) is 0.430. The number of aromatic nitrogens is 3. The second-order valence-electron chi connectivity index (χ2n) is 6.39. The van der Waals surface area contributed by atoms with E-state index in [-0.39, 0.29) is 11.5 Å². The summed E-state index contributed by atoms with van der Waals surface area (Å²) in [7, 11) is 0. The lowest BCUT2D eigenvalue weighted by molar-refractivity contribution is 0.102. The summed E-state index contributed by atoms with van der Waals surface area (Å²) >= 11 is 1.49. The number of thiophene rings is 1.